The molecule has 0 bridgehead atoms. The molecule has 1 unspecified atom stereocenters. The van der Waals surface area contributed by atoms with Gasteiger partial charge in [-0.05, 0) is 43.9 Å². The molecule has 0 heterocycles. The summed E-state index contributed by atoms with van der Waals surface area (Å²) in [5, 5.41) is 3.09. The predicted octanol–water partition coefficient (Wildman–Crippen LogP) is 2.20. The minimum absolute atomic E-state index is 0.0480. The highest BCUT2D eigenvalue weighted by atomic mass is 16.2. The predicted molar refractivity (Wildman–Crippen MR) is 69.5 cm³/mol. The van der Waals surface area contributed by atoms with Gasteiger partial charge >= 0.3 is 0 Å². The van der Waals surface area contributed by atoms with Crippen LogP contribution in [0, 0.1) is 11.3 Å². The van der Waals surface area contributed by atoms with Crippen molar-refractivity contribution in [3.05, 3.63) is 0 Å². The maximum Gasteiger partial charge on any atom is 0.240 e. The highest BCUT2D eigenvalue weighted by Gasteiger charge is 2.44. The largest absolute Gasteiger partial charge is 0.354 e. The minimum atomic E-state index is -0.648. The molecule has 2 fully saturated rings. The number of nitrogens with two attached hydrogens (primary N) is 1. The van der Waals surface area contributed by atoms with E-state index in [2.05, 4.69) is 12.2 Å². The molecule has 0 spiro atoms. The van der Waals surface area contributed by atoms with Crippen LogP contribution in [0.2, 0.25) is 0 Å². The Kier molecular flexibility index (Phi) is 3.48. The number of rotatable bonds is 4. The smallest absolute Gasteiger partial charge is 0.240 e. The standard InChI is InChI=1S/C14H26N2O/c1-13(8-4-3-5-9-13)10-16-12(17)14(2,15)11-6-7-11/h11H,3-10,15H2,1-2H3,(H,16,17). The van der Waals surface area contributed by atoms with Gasteiger partial charge in [0, 0.05) is 6.54 Å². The lowest BCUT2D eigenvalue weighted by molar-refractivity contribution is -0.127. The molecule has 0 radical (unpaired) electrons. The second-order valence-corrected chi connectivity index (χ2v) is 6.61. The molecule has 17 heavy (non-hydrogen) atoms. The van der Waals surface area contributed by atoms with Gasteiger partial charge < -0.3 is 11.1 Å². The molecule has 0 saturated heterocycles. The second-order valence-electron chi connectivity index (χ2n) is 6.61. The summed E-state index contributed by atoms with van der Waals surface area (Å²) in [6.07, 6.45) is 8.63. The Morgan fingerprint density at radius 1 is 1.35 bits per heavy atom. The van der Waals surface area contributed by atoms with E-state index in [1.807, 2.05) is 6.92 Å². The first-order chi connectivity index (χ1) is 7.94. The SMILES string of the molecule is CC1(CNC(=O)C(C)(N)C2CC2)CCCCC1. The van der Waals surface area contributed by atoms with Crippen LogP contribution >= 0.6 is 0 Å². The lowest BCUT2D eigenvalue weighted by Crippen LogP contribution is -2.55. The number of hydrogen-bond donors (Lipinski definition) is 2. The lowest BCUT2D eigenvalue weighted by atomic mass is 9.75. The van der Waals surface area contributed by atoms with Crippen molar-refractivity contribution in [2.75, 3.05) is 6.54 Å². The summed E-state index contributed by atoms with van der Waals surface area (Å²) in [7, 11) is 0. The van der Waals surface area contributed by atoms with Crippen molar-refractivity contribution in [2.45, 2.75) is 64.3 Å². The third-order valence-electron chi connectivity index (χ3n) is 4.65. The summed E-state index contributed by atoms with van der Waals surface area (Å²) >= 11 is 0. The van der Waals surface area contributed by atoms with E-state index in [0.29, 0.717) is 11.3 Å². The third kappa shape index (κ3) is 3.01. The summed E-state index contributed by atoms with van der Waals surface area (Å²) in [6, 6.07) is 0. The monoisotopic (exact) mass is 238 g/mol. The second kappa shape index (κ2) is 4.60. The van der Waals surface area contributed by atoms with Crippen LogP contribution in [0.5, 0.6) is 0 Å². The van der Waals surface area contributed by atoms with Crippen molar-refractivity contribution in [3.8, 4) is 0 Å². The number of nitrogens with one attached hydrogen (secondary N) is 1. The van der Waals surface area contributed by atoms with Crippen molar-refractivity contribution < 1.29 is 4.79 Å². The number of carbonyl (C=O) groups is 1. The van der Waals surface area contributed by atoms with Gasteiger partial charge in [-0.1, -0.05) is 26.2 Å². The first kappa shape index (κ1) is 12.9. The van der Waals surface area contributed by atoms with E-state index in [0.717, 1.165) is 19.4 Å². The first-order valence-electron chi connectivity index (χ1n) is 7.01. The molecule has 3 heteroatoms. The van der Waals surface area contributed by atoms with Gasteiger partial charge in [0.15, 0.2) is 0 Å². The van der Waals surface area contributed by atoms with Crippen molar-refractivity contribution >= 4 is 5.91 Å². The Labute approximate surface area is 105 Å². The molecule has 2 saturated carbocycles. The van der Waals surface area contributed by atoms with Crippen LogP contribution in [-0.2, 0) is 4.79 Å². The van der Waals surface area contributed by atoms with Crippen LogP contribution in [0.4, 0.5) is 0 Å². The van der Waals surface area contributed by atoms with E-state index in [1.54, 1.807) is 0 Å². The van der Waals surface area contributed by atoms with Crippen LogP contribution in [0.15, 0.2) is 0 Å². The zero-order chi connectivity index (χ0) is 12.5. The van der Waals surface area contributed by atoms with E-state index in [1.165, 1.54) is 32.1 Å². The van der Waals surface area contributed by atoms with Crippen molar-refractivity contribution in [2.24, 2.45) is 17.1 Å². The quantitative estimate of drug-likeness (QED) is 0.789. The summed E-state index contributed by atoms with van der Waals surface area (Å²) in [6.45, 7) is 4.96. The summed E-state index contributed by atoms with van der Waals surface area (Å²) in [4.78, 5) is 12.1. The Balaban J connectivity index is 1.82. The molecule has 0 aromatic heterocycles. The summed E-state index contributed by atoms with van der Waals surface area (Å²) in [5.74, 6) is 0.452. The maximum absolute atomic E-state index is 12.1. The Hall–Kier alpha value is -0.570. The van der Waals surface area contributed by atoms with Crippen LogP contribution < -0.4 is 11.1 Å². The van der Waals surface area contributed by atoms with Gasteiger partial charge in [0.2, 0.25) is 5.91 Å². The van der Waals surface area contributed by atoms with Gasteiger partial charge in [-0.15, -0.1) is 0 Å². The number of hydrogen-bond acceptors (Lipinski definition) is 2. The molecule has 98 valence electrons. The van der Waals surface area contributed by atoms with E-state index >= 15 is 0 Å². The third-order valence-corrected chi connectivity index (χ3v) is 4.65. The number of carbonyl (C=O) groups excluding carboxylic acids is 1. The molecule has 3 nitrogen and oxygen atoms in total. The fourth-order valence-corrected chi connectivity index (χ4v) is 2.93. The van der Waals surface area contributed by atoms with Crippen LogP contribution in [-0.4, -0.2) is 18.0 Å². The molecular formula is C14H26N2O. The molecule has 1 atom stereocenters. The Morgan fingerprint density at radius 3 is 2.47 bits per heavy atom. The normalized spacial score (nSPS) is 27.2. The van der Waals surface area contributed by atoms with Crippen LogP contribution in [0.25, 0.3) is 0 Å². The molecule has 0 aromatic carbocycles. The lowest BCUT2D eigenvalue weighted by Gasteiger charge is -2.35. The van der Waals surface area contributed by atoms with E-state index in [9.17, 15) is 4.79 Å². The summed E-state index contributed by atoms with van der Waals surface area (Å²) in [5.41, 5.74) is 5.76. The molecule has 2 rings (SSSR count). The highest BCUT2D eigenvalue weighted by molar-refractivity contribution is 5.86. The van der Waals surface area contributed by atoms with E-state index in [-0.39, 0.29) is 5.91 Å². The van der Waals surface area contributed by atoms with Crippen molar-refractivity contribution in [1.29, 1.82) is 0 Å². The highest BCUT2D eigenvalue weighted by Crippen LogP contribution is 2.39. The topological polar surface area (TPSA) is 55.1 Å². The molecule has 2 aliphatic carbocycles. The minimum Gasteiger partial charge on any atom is -0.354 e. The van der Waals surface area contributed by atoms with E-state index in [4.69, 9.17) is 5.73 Å². The first-order valence-corrected chi connectivity index (χ1v) is 7.01. The molecular weight excluding hydrogens is 212 g/mol. The van der Waals surface area contributed by atoms with Gasteiger partial charge in [-0.25, -0.2) is 0 Å². The number of amides is 1. The Morgan fingerprint density at radius 2 is 1.94 bits per heavy atom. The van der Waals surface area contributed by atoms with Gasteiger partial charge in [0.1, 0.15) is 0 Å². The zero-order valence-electron chi connectivity index (χ0n) is 11.2. The van der Waals surface area contributed by atoms with Crippen molar-refractivity contribution in [3.63, 3.8) is 0 Å². The molecule has 1 amide bonds. The average Bonchev–Trinajstić information content (AvgIpc) is 3.11. The molecule has 0 aromatic rings. The van der Waals surface area contributed by atoms with Crippen LogP contribution in [0.1, 0.15) is 58.8 Å². The Bertz CT molecular complexity index is 289. The fraction of sp³-hybridized carbons (Fsp3) is 0.929. The molecule has 2 aliphatic rings. The van der Waals surface area contributed by atoms with Crippen LogP contribution in [0.3, 0.4) is 0 Å². The zero-order valence-corrected chi connectivity index (χ0v) is 11.2. The maximum atomic E-state index is 12.1. The molecule has 0 aliphatic heterocycles. The van der Waals surface area contributed by atoms with Gasteiger partial charge in [-0.2, -0.15) is 0 Å². The van der Waals surface area contributed by atoms with Gasteiger partial charge in [-0.3, -0.25) is 4.79 Å². The molecule has 3 N–H and O–H groups in total. The van der Waals surface area contributed by atoms with Gasteiger partial charge in [0.05, 0.1) is 5.54 Å². The van der Waals surface area contributed by atoms with E-state index < -0.39 is 5.54 Å². The van der Waals surface area contributed by atoms with Crippen molar-refractivity contribution in [1.82, 2.24) is 5.32 Å². The average molecular weight is 238 g/mol. The summed E-state index contributed by atoms with van der Waals surface area (Å²) < 4.78 is 0. The van der Waals surface area contributed by atoms with Gasteiger partial charge in [0.25, 0.3) is 0 Å². The fourth-order valence-electron chi connectivity index (χ4n) is 2.93.